The molecule has 2 heterocycles. The molecule has 150 valence electrons. The minimum atomic E-state index is -0.0658. The summed E-state index contributed by atoms with van der Waals surface area (Å²) in [5, 5.41) is 8.16. The zero-order chi connectivity index (χ0) is 20.2. The first-order valence-electron chi connectivity index (χ1n) is 9.62. The van der Waals surface area contributed by atoms with Gasteiger partial charge in [0.25, 0.3) is 0 Å². The van der Waals surface area contributed by atoms with Crippen LogP contribution in [0.4, 0.5) is 0 Å². The first-order chi connectivity index (χ1) is 14.1. The Balaban J connectivity index is 1.67. The van der Waals surface area contributed by atoms with Gasteiger partial charge in [-0.1, -0.05) is 24.4 Å². The molecule has 0 unspecified atom stereocenters. The second-order valence-corrected chi connectivity index (χ2v) is 7.46. The highest BCUT2D eigenvalue weighted by Crippen LogP contribution is 2.30. The number of nitrogens with zero attached hydrogens (tertiary/aromatic N) is 4. The summed E-state index contributed by atoms with van der Waals surface area (Å²) < 4.78 is 6.86. The van der Waals surface area contributed by atoms with Gasteiger partial charge in [-0.2, -0.15) is 0 Å². The molecular weight excluding hydrogens is 390 g/mol. The Bertz CT molecular complexity index is 1000. The summed E-state index contributed by atoms with van der Waals surface area (Å²) in [4.78, 5) is 21.3. The molecule has 0 bridgehead atoms. The van der Waals surface area contributed by atoms with E-state index in [2.05, 4.69) is 20.4 Å². The Labute approximate surface area is 174 Å². The zero-order valence-corrected chi connectivity index (χ0v) is 16.9. The lowest BCUT2D eigenvalue weighted by Crippen LogP contribution is -2.35. The third-order valence-corrected chi connectivity index (χ3v) is 5.33. The van der Waals surface area contributed by atoms with Gasteiger partial charge in [-0.15, -0.1) is 5.10 Å². The van der Waals surface area contributed by atoms with E-state index in [1.807, 2.05) is 18.2 Å². The molecule has 1 aromatic carbocycles. The first kappa shape index (κ1) is 19.4. The first-order valence-corrected chi connectivity index (χ1v) is 10.0. The second kappa shape index (κ2) is 8.61. The third kappa shape index (κ3) is 4.40. The number of ether oxygens (including phenoxy) is 1. The van der Waals surface area contributed by atoms with E-state index in [9.17, 15) is 4.79 Å². The van der Waals surface area contributed by atoms with Crippen LogP contribution >= 0.6 is 11.6 Å². The molecule has 0 saturated heterocycles. The number of aromatic nitrogens is 4. The molecule has 4 rings (SSSR count). The molecular formula is C21H22ClN5O2. The fourth-order valence-corrected chi connectivity index (χ4v) is 3.83. The standard InChI is InChI=1S/C21H22ClN5O2/c1-29-18-7-6-15(12-17(18)22)21-25-20(14-8-10-23-11-9-14)26-27(21)13-19(28)24-16-4-2-3-5-16/h6-12,16H,2-5,13H2,1H3,(H,24,28). The summed E-state index contributed by atoms with van der Waals surface area (Å²) >= 11 is 6.30. The lowest BCUT2D eigenvalue weighted by Gasteiger charge is -2.13. The minimum Gasteiger partial charge on any atom is -0.495 e. The van der Waals surface area contributed by atoms with Crippen LogP contribution in [-0.4, -0.2) is 38.8 Å². The highest BCUT2D eigenvalue weighted by Gasteiger charge is 2.20. The average molecular weight is 412 g/mol. The maximum absolute atomic E-state index is 12.6. The smallest absolute Gasteiger partial charge is 0.242 e. The lowest BCUT2D eigenvalue weighted by molar-refractivity contribution is -0.122. The van der Waals surface area contributed by atoms with E-state index in [0.717, 1.165) is 36.8 Å². The van der Waals surface area contributed by atoms with Crippen molar-refractivity contribution in [3.8, 4) is 28.5 Å². The molecule has 0 radical (unpaired) electrons. The molecule has 7 nitrogen and oxygen atoms in total. The van der Waals surface area contributed by atoms with Crippen LogP contribution in [0.1, 0.15) is 25.7 Å². The molecule has 1 saturated carbocycles. The van der Waals surface area contributed by atoms with Gasteiger partial charge >= 0.3 is 0 Å². The fraction of sp³-hybridized carbons (Fsp3) is 0.333. The molecule has 1 N–H and O–H groups in total. The predicted molar refractivity (Wildman–Crippen MR) is 111 cm³/mol. The van der Waals surface area contributed by atoms with E-state index in [1.54, 1.807) is 36.3 Å². The van der Waals surface area contributed by atoms with Crippen LogP contribution in [0, 0.1) is 0 Å². The lowest BCUT2D eigenvalue weighted by atomic mass is 10.2. The summed E-state index contributed by atoms with van der Waals surface area (Å²) in [6.45, 7) is 0.0908. The van der Waals surface area contributed by atoms with Crippen molar-refractivity contribution in [3.05, 3.63) is 47.7 Å². The molecule has 1 fully saturated rings. The number of pyridine rings is 1. The number of hydrogen-bond donors (Lipinski definition) is 1. The molecule has 0 atom stereocenters. The molecule has 3 aromatic rings. The Kier molecular flexibility index (Phi) is 5.76. The highest BCUT2D eigenvalue weighted by atomic mass is 35.5. The summed E-state index contributed by atoms with van der Waals surface area (Å²) in [5.74, 6) is 1.62. The number of benzene rings is 1. The molecule has 1 amide bonds. The number of nitrogens with one attached hydrogen (secondary N) is 1. The molecule has 1 aliphatic carbocycles. The largest absolute Gasteiger partial charge is 0.495 e. The van der Waals surface area contributed by atoms with E-state index in [-0.39, 0.29) is 18.5 Å². The van der Waals surface area contributed by atoms with Gasteiger partial charge in [0.2, 0.25) is 5.91 Å². The van der Waals surface area contributed by atoms with E-state index < -0.39 is 0 Å². The summed E-state index contributed by atoms with van der Waals surface area (Å²) in [6, 6.07) is 9.33. The Morgan fingerprint density at radius 2 is 1.97 bits per heavy atom. The predicted octanol–water partition coefficient (Wildman–Crippen LogP) is 3.73. The number of hydrogen-bond acceptors (Lipinski definition) is 5. The van der Waals surface area contributed by atoms with Gasteiger partial charge < -0.3 is 10.1 Å². The molecule has 1 aliphatic rings. The molecule has 2 aromatic heterocycles. The van der Waals surface area contributed by atoms with Crippen molar-refractivity contribution in [2.24, 2.45) is 0 Å². The van der Waals surface area contributed by atoms with Crippen LogP contribution in [0.25, 0.3) is 22.8 Å². The van der Waals surface area contributed by atoms with Crippen LogP contribution in [-0.2, 0) is 11.3 Å². The quantitative estimate of drug-likeness (QED) is 0.668. The highest BCUT2D eigenvalue weighted by molar-refractivity contribution is 6.32. The van der Waals surface area contributed by atoms with Gasteiger partial charge in [0.1, 0.15) is 12.3 Å². The number of rotatable bonds is 6. The van der Waals surface area contributed by atoms with Gasteiger partial charge in [0.15, 0.2) is 11.6 Å². The van der Waals surface area contributed by atoms with Crippen LogP contribution in [0.5, 0.6) is 5.75 Å². The number of carbonyl (C=O) groups excluding carboxylic acids is 1. The second-order valence-electron chi connectivity index (χ2n) is 7.05. The third-order valence-electron chi connectivity index (χ3n) is 5.03. The van der Waals surface area contributed by atoms with Crippen LogP contribution in [0.2, 0.25) is 5.02 Å². The van der Waals surface area contributed by atoms with Crippen molar-refractivity contribution in [1.82, 2.24) is 25.1 Å². The summed E-state index contributed by atoms with van der Waals surface area (Å²) in [6.07, 6.45) is 7.77. The van der Waals surface area contributed by atoms with Crippen LogP contribution in [0.15, 0.2) is 42.7 Å². The normalized spacial score (nSPS) is 14.1. The Hall–Kier alpha value is -2.93. The van der Waals surface area contributed by atoms with Crippen molar-refractivity contribution in [3.63, 3.8) is 0 Å². The molecule has 0 aliphatic heterocycles. The van der Waals surface area contributed by atoms with Crippen molar-refractivity contribution in [2.75, 3.05) is 7.11 Å². The number of halogens is 1. The molecule has 29 heavy (non-hydrogen) atoms. The van der Waals surface area contributed by atoms with Gasteiger partial charge in [0.05, 0.1) is 12.1 Å². The molecule has 8 heteroatoms. The van der Waals surface area contributed by atoms with Crippen molar-refractivity contribution in [1.29, 1.82) is 0 Å². The van der Waals surface area contributed by atoms with Crippen LogP contribution in [0.3, 0.4) is 0 Å². The van der Waals surface area contributed by atoms with E-state index in [4.69, 9.17) is 16.3 Å². The van der Waals surface area contributed by atoms with Crippen molar-refractivity contribution >= 4 is 17.5 Å². The Morgan fingerprint density at radius 3 is 2.66 bits per heavy atom. The minimum absolute atomic E-state index is 0.0658. The van der Waals surface area contributed by atoms with Crippen molar-refractivity contribution < 1.29 is 9.53 Å². The average Bonchev–Trinajstić information content (AvgIpc) is 3.38. The van der Waals surface area contributed by atoms with Gasteiger partial charge in [0, 0.05) is 29.6 Å². The SMILES string of the molecule is COc1ccc(-c2nc(-c3ccncc3)nn2CC(=O)NC2CCCC2)cc1Cl. The van der Waals surface area contributed by atoms with E-state index in [0.29, 0.717) is 22.4 Å². The zero-order valence-electron chi connectivity index (χ0n) is 16.1. The summed E-state index contributed by atoms with van der Waals surface area (Å²) in [7, 11) is 1.57. The monoisotopic (exact) mass is 411 g/mol. The maximum atomic E-state index is 12.6. The Morgan fingerprint density at radius 1 is 1.21 bits per heavy atom. The molecule has 0 spiro atoms. The number of carbonyl (C=O) groups is 1. The van der Waals surface area contributed by atoms with E-state index in [1.165, 1.54) is 0 Å². The van der Waals surface area contributed by atoms with Crippen LogP contribution < -0.4 is 10.1 Å². The number of methoxy groups -OCH3 is 1. The topological polar surface area (TPSA) is 81.9 Å². The van der Waals surface area contributed by atoms with Gasteiger partial charge in [-0.25, -0.2) is 9.67 Å². The fourth-order valence-electron chi connectivity index (χ4n) is 3.57. The van der Waals surface area contributed by atoms with Crippen molar-refractivity contribution in [2.45, 2.75) is 38.3 Å². The van der Waals surface area contributed by atoms with Gasteiger partial charge in [-0.3, -0.25) is 9.78 Å². The number of amides is 1. The maximum Gasteiger partial charge on any atom is 0.242 e. The van der Waals surface area contributed by atoms with E-state index >= 15 is 0 Å². The van der Waals surface area contributed by atoms with Gasteiger partial charge in [-0.05, 0) is 43.2 Å². The summed E-state index contributed by atoms with van der Waals surface area (Å²) in [5.41, 5.74) is 1.59.